The van der Waals surface area contributed by atoms with E-state index in [4.69, 9.17) is 11.6 Å². The van der Waals surface area contributed by atoms with Gasteiger partial charge in [0.1, 0.15) is 22.9 Å². The van der Waals surface area contributed by atoms with E-state index in [9.17, 15) is 18.0 Å². The molecule has 1 fully saturated rings. The van der Waals surface area contributed by atoms with E-state index in [1.54, 1.807) is 36.5 Å². The maximum absolute atomic E-state index is 13.3. The minimum atomic E-state index is -4.61. The molecular weight excluding hydrogens is 467 g/mol. The first-order chi connectivity index (χ1) is 16.3. The van der Waals surface area contributed by atoms with Crippen LogP contribution < -0.4 is 10.2 Å². The Balaban J connectivity index is 1.51. The van der Waals surface area contributed by atoms with Crippen LogP contribution in [0.3, 0.4) is 0 Å². The van der Waals surface area contributed by atoms with Crippen LogP contribution in [0.25, 0.3) is 11.0 Å². The van der Waals surface area contributed by atoms with Gasteiger partial charge in [0, 0.05) is 30.0 Å². The Bertz CT molecular complexity index is 1360. The summed E-state index contributed by atoms with van der Waals surface area (Å²) >= 11 is 6.08. The zero-order valence-corrected chi connectivity index (χ0v) is 18.6. The topological polar surface area (TPSA) is 63.1 Å². The van der Waals surface area contributed by atoms with Gasteiger partial charge in [0.25, 0.3) is 5.91 Å². The number of hydrogen-bond acceptors (Lipinski definition) is 4. The van der Waals surface area contributed by atoms with Gasteiger partial charge in [0.2, 0.25) is 0 Å². The maximum atomic E-state index is 13.3. The first kappa shape index (κ1) is 22.2. The van der Waals surface area contributed by atoms with Gasteiger partial charge in [0.05, 0.1) is 11.9 Å². The fourth-order valence-electron chi connectivity index (χ4n) is 3.84. The molecule has 1 aliphatic heterocycles. The number of alkyl halides is 3. The summed E-state index contributed by atoms with van der Waals surface area (Å²) in [7, 11) is 0. The summed E-state index contributed by atoms with van der Waals surface area (Å²) in [5, 5.41) is 3.69. The second-order valence-corrected chi connectivity index (χ2v) is 8.49. The third-order valence-corrected chi connectivity index (χ3v) is 5.92. The van der Waals surface area contributed by atoms with Gasteiger partial charge < -0.3 is 14.8 Å². The number of pyridine rings is 2. The molecule has 0 atom stereocenters. The van der Waals surface area contributed by atoms with Crippen LogP contribution >= 0.6 is 11.6 Å². The van der Waals surface area contributed by atoms with E-state index in [0.717, 1.165) is 37.0 Å². The number of fused-ring (bicyclic) bond motifs is 1. The second kappa shape index (κ2) is 8.64. The Morgan fingerprint density at radius 1 is 1.09 bits per heavy atom. The number of halogens is 4. The lowest BCUT2D eigenvalue weighted by molar-refractivity contribution is -0.141. The zero-order valence-electron chi connectivity index (χ0n) is 17.8. The van der Waals surface area contributed by atoms with Gasteiger partial charge in [-0.3, -0.25) is 4.79 Å². The van der Waals surface area contributed by atoms with Gasteiger partial charge in [-0.15, -0.1) is 0 Å². The van der Waals surface area contributed by atoms with Crippen molar-refractivity contribution in [2.45, 2.75) is 19.1 Å². The van der Waals surface area contributed by atoms with Crippen molar-refractivity contribution in [2.75, 3.05) is 23.3 Å². The van der Waals surface area contributed by atoms with Gasteiger partial charge in [-0.05, 0) is 54.4 Å². The molecule has 0 saturated carbocycles. The monoisotopic (exact) mass is 485 g/mol. The van der Waals surface area contributed by atoms with E-state index in [1.807, 2.05) is 6.07 Å². The molecule has 34 heavy (non-hydrogen) atoms. The highest BCUT2D eigenvalue weighted by atomic mass is 35.5. The summed E-state index contributed by atoms with van der Waals surface area (Å²) in [4.78, 5) is 23.5. The van der Waals surface area contributed by atoms with Gasteiger partial charge in [-0.25, -0.2) is 9.97 Å². The summed E-state index contributed by atoms with van der Waals surface area (Å²) in [6.07, 6.45) is -1.91. The van der Waals surface area contributed by atoms with E-state index in [2.05, 4.69) is 20.2 Å². The van der Waals surface area contributed by atoms with E-state index >= 15 is 0 Å². The number of amides is 1. The molecule has 1 N–H and O–H groups in total. The van der Waals surface area contributed by atoms with Crippen LogP contribution in [0.15, 0.2) is 60.8 Å². The molecule has 1 amide bonds. The molecule has 0 unspecified atom stereocenters. The van der Waals surface area contributed by atoms with Crippen molar-refractivity contribution >= 4 is 40.0 Å². The summed E-state index contributed by atoms with van der Waals surface area (Å²) in [5.74, 6) is 0.357. The van der Waals surface area contributed by atoms with Crippen LogP contribution in [0, 0.1) is 0 Å². The van der Waals surface area contributed by atoms with Gasteiger partial charge in [-0.1, -0.05) is 23.7 Å². The number of nitrogens with one attached hydrogen (secondary N) is 1. The van der Waals surface area contributed by atoms with E-state index in [0.29, 0.717) is 16.1 Å². The molecule has 0 aliphatic carbocycles. The summed E-state index contributed by atoms with van der Waals surface area (Å²) in [6.45, 7) is 2.03. The molecule has 6 nitrogen and oxygen atoms in total. The van der Waals surface area contributed by atoms with Crippen molar-refractivity contribution < 1.29 is 18.0 Å². The molecule has 0 bridgehead atoms. The standard InChI is InChI=1S/C24H19ClF3N5O/c25-17-4-1-3-15(11-17)14-33-19(12-16-5-7-20(24(26,27)28)31-22(16)33)23(34)30-18-6-8-21(29-13-18)32-9-2-10-32/h1,3-8,11-13H,2,9-10,14H2,(H,30,34). The van der Waals surface area contributed by atoms with E-state index in [1.165, 1.54) is 16.7 Å². The fraction of sp³-hybridized carbons (Fsp3) is 0.208. The van der Waals surface area contributed by atoms with Crippen LogP contribution in [-0.2, 0) is 12.7 Å². The Morgan fingerprint density at radius 3 is 2.56 bits per heavy atom. The second-order valence-electron chi connectivity index (χ2n) is 8.05. The Kier molecular flexibility index (Phi) is 5.65. The van der Waals surface area contributed by atoms with Crippen molar-refractivity contribution in [3.8, 4) is 0 Å². The van der Waals surface area contributed by atoms with Crippen molar-refractivity contribution in [1.29, 1.82) is 0 Å². The quantitative estimate of drug-likeness (QED) is 0.399. The SMILES string of the molecule is O=C(Nc1ccc(N2CCC2)nc1)c1cc2ccc(C(F)(F)F)nc2n1Cc1cccc(Cl)c1. The number of carbonyl (C=O) groups is 1. The largest absolute Gasteiger partial charge is 0.433 e. The lowest BCUT2D eigenvalue weighted by Gasteiger charge is -2.31. The Labute approximate surface area is 198 Å². The number of benzene rings is 1. The smallest absolute Gasteiger partial charge is 0.356 e. The Morgan fingerprint density at radius 2 is 1.91 bits per heavy atom. The lowest BCUT2D eigenvalue weighted by Crippen LogP contribution is -2.37. The predicted molar refractivity (Wildman–Crippen MR) is 124 cm³/mol. The highest BCUT2D eigenvalue weighted by Crippen LogP contribution is 2.31. The van der Waals surface area contributed by atoms with Crippen LogP contribution in [0.5, 0.6) is 0 Å². The first-order valence-corrected chi connectivity index (χ1v) is 11.0. The minimum absolute atomic E-state index is 0.0613. The number of anilines is 2. The summed E-state index contributed by atoms with van der Waals surface area (Å²) in [6, 6.07) is 14.3. The average Bonchev–Trinajstić information content (AvgIpc) is 3.11. The molecule has 0 radical (unpaired) electrons. The number of aromatic nitrogens is 3. The van der Waals surface area contributed by atoms with Crippen LogP contribution in [0.1, 0.15) is 28.2 Å². The lowest BCUT2D eigenvalue weighted by atomic mass is 10.2. The third-order valence-electron chi connectivity index (χ3n) is 5.68. The molecular formula is C24H19ClF3N5O. The van der Waals surface area contributed by atoms with Crippen LogP contribution in [0.2, 0.25) is 5.02 Å². The van der Waals surface area contributed by atoms with Crippen molar-refractivity contribution in [3.63, 3.8) is 0 Å². The number of rotatable bonds is 5. The van der Waals surface area contributed by atoms with Crippen LogP contribution in [0.4, 0.5) is 24.7 Å². The third kappa shape index (κ3) is 4.43. The number of nitrogens with zero attached hydrogens (tertiary/aromatic N) is 4. The first-order valence-electron chi connectivity index (χ1n) is 10.6. The minimum Gasteiger partial charge on any atom is -0.356 e. The zero-order chi connectivity index (χ0) is 23.9. The van der Waals surface area contributed by atoms with Gasteiger partial charge >= 0.3 is 6.18 Å². The number of carbonyl (C=O) groups excluding carboxylic acids is 1. The Hall–Kier alpha value is -3.59. The molecule has 1 aromatic carbocycles. The predicted octanol–water partition coefficient (Wildman–Crippen LogP) is 5.61. The van der Waals surface area contributed by atoms with E-state index in [-0.39, 0.29) is 17.9 Å². The number of hydrogen-bond donors (Lipinski definition) is 1. The molecule has 4 heterocycles. The molecule has 10 heteroatoms. The van der Waals surface area contributed by atoms with E-state index < -0.39 is 17.8 Å². The van der Waals surface area contributed by atoms with Crippen molar-refractivity contribution in [3.05, 3.63) is 82.8 Å². The van der Waals surface area contributed by atoms with Gasteiger partial charge in [0.15, 0.2) is 0 Å². The molecule has 0 spiro atoms. The fourth-order valence-corrected chi connectivity index (χ4v) is 4.05. The summed E-state index contributed by atoms with van der Waals surface area (Å²) in [5.41, 5.74) is 0.416. The van der Waals surface area contributed by atoms with Crippen molar-refractivity contribution in [2.24, 2.45) is 0 Å². The average molecular weight is 486 g/mol. The molecule has 174 valence electrons. The molecule has 1 aliphatic rings. The normalized spacial score (nSPS) is 13.7. The molecule has 4 aromatic rings. The van der Waals surface area contributed by atoms with Crippen molar-refractivity contribution in [1.82, 2.24) is 14.5 Å². The maximum Gasteiger partial charge on any atom is 0.433 e. The highest BCUT2D eigenvalue weighted by Gasteiger charge is 2.33. The highest BCUT2D eigenvalue weighted by molar-refractivity contribution is 6.30. The molecule has 3 aromatic heterocycles. The molecule has 5 rings (SSSR count). The van der Waals surface area contributed by atoms with Crippen LogP contribution in [-0.4, -0.2) is 33.5 Å². The van der Waals surface area contributed by atoms with Gasteiger partial charge in [-0.2, -0.15) is 13.2 Å². The summed E-state index contributed by atoms with van der Waals surface area (Å²) < 4.78 is 41.4. The molecule has 1 saturated heterocycles.